The van der Waals surface area contributed by atoms with E-state index < -0.39 is 0 Å². The molecule has 60 valence electrons. The van der Waals surface area contributed by atoms with Gasteiger partial charge in [0.15, 0.2) is 0 Å². The molecular formula is C8H17NO. The van der Waals surface area contributed by atoms with Gasteiger partial charge in [-0.2, -0.15) is 0 Å². The van der Waals surface area contributed by atoms with Crippen LogP contribution in [0.3, 0.4) is 0 Å². The number of aliphatic hydroxyl groups excluding tert-OH is 1. The molecule has 0 amide bonds. The van der Waals surface area contributed by atoms with Crippen LogP contribution in [0.25, 0.3) is 0 Å². The van der Waals surface area contributed by atoms with Crippen molar-refractivity contribution in [1.82, 2.24) is 5.32 Å². The van der Waals surface area contributed by atoms with Gasteiger partial charge >= 0.3 is 0 Å². The van der Waals surface area contributed by atoms with Crippen LogP contribution >= 0.6 is 0 Å². The fourth-order valence-electron chi connectivity index (χ4n) is 1.62. The maximum Gasteiger partial charge on any atom is 0.0584 e. The summed E-state index contributed by atoms with van der Waals surface area (Å²) in [6.45, 7) is 4.66. The molecule has 0 aromatic carbocycles. The highest BCUT2D eigenvalue weighted by Gasteiger charge is 2.25. The molecule has 2 nitrogen and oxygen atoms in total. The number of hydrogen-bond acceptors (Lipinski definition) is 2. The first-order valence-corrected chi connectivity index (χ1v) is 4.02. The third-order valence-corrected chi connectivity index (χ3v) is 2.17. The predicted octanol–water partition coefficient (Wildman–Crippen LogP) is 0.899. The molecule has 10 heavy (non-hydrogen) atoms. The molecule has 1 atom stereocenters. The number of rotatable bonds is 1. The average molecular weight is 143 g/mol. The lowest BCUT2D eigenvalue weighted by Gasteiger charge is -2.36. The smallest absolute Gasteiger partial charge is 0.0584 e. The molecule has 0 radical (unpaired) electrons. The molecule has 0 spiro atoms. The van der Waals surface area contributed by atoms with Crippen LogP contribution in [0.5, 0.6) is 0 Å². The molecule has 0 aromatic rings. The monoisotopic (exact) mass is 143 g/mol. The normalized spacial score (nSPS) is 32.1. The van der Waals surface area contributed by atoms with Gasteiger partial charge in [-0.05, 0) is 26.7 Å². The van der Waals surface area contributed by atoms with Crippen molar-refractivity contribution in [2.24, 2.45) is 0 Å². The average Bonchev–Trinajstić information content (AvgIpc) is 1.86. The van der Waals surface area contributed by atoms with E-state index >= 15 is 0 Å². The van der Waals surface area contributed by atoms with Crippen LogP contribution in [0, 0.1) is 0 Å². The second kappa shape index (κ2) is 2.89. The van der Waals surface area contributed by atoms with Gasteiger partial charge in [-0.1, -0.05) is 6.42 Å². The topological polar surface area (TPSA) is 32.3 Å². The Morgan fingerprint density at radius 3 is 2.70 bits per heavy atom. The van der Waals surface area contributed by atoms with Crippen LogP contribution in [-0.2, 0) is 0 Å². The lowest BCUT2D eigenvalue weighted by atomic mass is 9.89. The lowest BCUT2D eigenvalue weighted by molar-refractivity contribution is 0.166. The van der Waals surface area contributed by atoms with Crippen molar-refractivity contribution in [2.75, 3.05) is 6.61 Å². The van der Waals surface area contributed by atoms with Crippen molar-refractivity contribution in [2.45, 2.75) is 44.7 Å². The van der Waals surface area contributed by atoms with E-state index in [1.165, 1.54) is 12.8 Å². The molecule has 2 N–H and O–H groups in total. The molecule has 1 saturated heterocycles. The Kier molecular flexibility index (Phi) is 2.32. The van der Waals surface area contributed by atoms with Crippen molar-refractivity contribution in [1.29, 1.82) is 0 Å². The highest BCUT2D eigenvalue weighted by atomic mass is 16.3. The molecule has 1 rings (SSSR count). The van der Waals surface area contributed by atoms with Gasteiger partial charge in [0.1, 0.15) is 0 Å². The summed E-state index contributed by atoms with van der Waals surface area (Å²) < 4.78 is 0. The number of hydrogen-bond donors (Lipinski definition) is 2. The van der Waals surface area contributed by atoms with E-state index in [2.05, 4.69) is 19.2 Å². The van der Waals surface area contributed by atoms with Gasteiger partial charge in [-0.3, -0.25) is 0 Å². The van der Waals surface area contributed by atoms with E-state index in [-0.39, 0.29) is 12.1 Å². The molecule has 0 unspecified atom stereocenters. The van der Waals surface area contributed by atoms with Gasteiger partial charge in [-0.15, -0.1) is 0 Å². The molecular weight excluding hydrogens is 126 g/mol. The van der Waals surface area contributed by atoms with Crippen LogP contribution in [0.4, 0.5) is 0 Å². The predicted molar refractivity (Wildman–Crippen MR) is 41.9 cm³/mol. The largest absolute Gasteiger partial charge is 0.395 e. The maximum atomic E-state index is 8.86. The molecule has 0 saturated carbocycles. The number of piperidine rings is 1. The van der Waals surface area contributed by atoms with Gasteiger partial charge < -0.3 is 10.4 Å². The summed E-state index contributed by atoms with van der Waals surface area (Å²) in [4.78, 5) is 0. The molecule has 0 aliphatic carbocycles. The summed E-state index contributed by atoms with van der Waals surface area (Å²) in [5.74, 6) is 0. The van der Waals surface area contributed by atoms with Crippen LogP contribution in [0.1, 0.15) is 33.1 Å². The zero-order chi connectivity index (χ0) is 7.61. The van der Waals surface area contributed by atoms with Crippen molar-refractivity contribution in [3.63, 3.8) is 0 Å². The minimum atomic E-state index is 0.242. The summed E-state index contributed by atoms with van der Waals surface area (Å²) in [6.07, 6.45) is 3.59. The van der Waals surface area contributed by atoms with E-state index in [1.54, 1.807) is 0 Å². The number of nitrogens with one attached hydrogen (secondary N) is 1. The Morgan fingerprint density at radius 2 is 2.30 bits per heavy atom. The van der Waals surface area contributed by atoms with Crippen LogP contribution in [0.2, 0.25) is 0 Å². The van der Waals surface area contributed by atoms with E-state index in [0.29, 0.717) is 6.04 Å². The fourth-order valence-corrected chi connectivity index (χ4v) is 1.62. The minimum absolute atomic E-state index is 0.242. The first-order valence-electron chi connectivity index (χ1n) is 4.02. The number of aliphatic hydroxyl groups is 1. The second-order valence-electron chi connectivity index (χ2n) is 3.80. The summed E-state index contributed by atoms with van der Waals surface area (Å²) in [7, 11) is 0. The summed E-state index contributed by atoms with van der Waals surface area (Å²) in [5.41, 5.74) is 0.242. The quantitative estimate of drug-likeness (QED) is 0.571. The molecule has 0 aromatic heterocycles. The minimum Gasteiger partial charge on any atom is -0.395 e. The Bertz CT molecular complexity index is 112. The molecule has 1 fully saturated rings. The lowest BCUT2D eigenvalue weighted by Crippen LogP contribution is -2.50. The standard InChI is InChI=1S/C8H17NO/c1-8(2)5-3-4-7(6-10)9-8/h7,9-10H,3-6H2,1-2H3/t7-/m1/s1. The summed E-state index contributed by atoms with van der Waals surface area (Å²) in [6, 6.07) is 0.337. The molecule has 1 aliphatic rings. The zero-order valence-electron chi connectivity index (χ0n) is 6.85. The Hall–Kier alpha value is -0.0800. The van der Waals surface area contributed by atoms with E-state index in [1.807, 2.05) is 0 Å². The highest BCUT2D eigenvalue weighted by molar-refractivity contribution is 4.86. The van der Waals surface area contributed by atoms with Crippen LogP contribution < -0.4 is 5.32 Å². The SMILES string of the molecule is CC1(C)CCC[C@H](CO)N1. The second-order valence-corrected chi connectivity index (χ2v) is 3.80. The van der Waals surface area contributed by atoms with Crippen molar-refractivity contribution >= 4 is 0 Å². The van der Waals surface area contributed by atoms with Gasteiger partial charge in [0.05, 0.1) is 6.61 Å². The van der Waals surface area contributed by atoms with E-state index in [0.717, 1.165) is 6.42 Å². The first kappa shape index (κ1) is 8.02. The Balaban J connectivity index is 2.40. The van der Waals surface area contributed by atoms with Crippen molar-refractivity contribution < 1.29 is 5.11 Å². The van der Waals surface area contributed by atoms with Crippen LogP contribution in [0.15, 0.2) is 0 Å². The zero-order valence-corrected chi connectivity index (χ0v) is 6.85. The van der Waals surface area contributed by atoms with Gasteiger partial charge in [-0.25, -0.2) is 0 Å². The van der Waals surface area contributed by atoms with Crippen LogP contribution in [-0.4, -0.2) is 23.3 Å². The van der Waals surface area contributed by atoms with Gasteiger partial charge in [0.2, 0.25) is 0 Å². The van der Waals surface area contributed by atoms with Crippen molar-refractivity contribution in [3.05, 3.63) is 0 Å². The van der Waals surface area contributed by atoms with E-state index in [4.69, 9.17) is 5.11 Å². The molecule has 1 heterocycles. The summed E-state index contributed by atoms with van der Waals surface area (Å²) in [5, 5.41) is 12.3. The van der Waals surface area contributed by atoms with Gasteiger partial charge in [0, 0.05) is 11.6 Å². The molecule has 2 heteroatoms. The summed E-state index contributed by atoms with van der Waals surface area (Å²) >= 11 is 0. The van der Waals surface area contributed by atoms with Crippen molar-refractivity contribution in [3.8, 4) is 0 Å². The van der Waals surface area contributed by atoms with Gasteiger partial charge in [0.25, 0.3) is 0 Å². The Morgan fingerprint density at radius 1 is 1.60 bits per heavy atom. The Labute approximate surface area is 62.6 Å². The fraction of sp³-hybridized carbons (Fsp3) is 1.00. The van der Waals surface area contributed by atoms with E-state index in [9.17, 15) is 0 Å². The third-order valence-electron chi connectivity index (χ3n) is 2.17. The third kappa shape index (κ3) is 1.96. The molecule has 0 bridgehead atoms. The maximum absolute atomic E-state index is 8.86. The molecule has 1 aliphatic heterocycles. The highest BCUT2D eigenvalue weighted by Crippen LogP contribution is 2.20. The first-order chi connectivity index (χ1) is 4.64.